The van der Waals surface area contributed by atoms with E-state index in [0.29, 0.717) is 27.0 Å². The molecule has 0 radical (unpaired) electrons. The standard InChI is InChI=1S/C17H14O5S/c1-9-3-6-14(23-9)17(20)21-8-11-7-15(19)22-16-10(2)13(18)5-4-12(11)16/h3-7,18H,8H2,1-2H3. The maximum atomic E-state index is 12.0. The highest BCUT2D eigenvalue weighted by Crippen LogP contribution is 2.28. The van der Waals surface area contributed by atoms with Gasteiger partial charge in [-0.3, -0.25) is 0 Å². The molecular formula is C17H14O5S. The molecule has 0 aliphatic heterocycles. The van der Waals surface area contributed by atoms with E-state index in [-0.39, 0.29) is 12.4 Å². The van der Waals surface area contributed by atoms with E-state index in [0.717, 1.165) is 4.88 Å². The molecule has 0 amide bonds. The first kappa shape index (κ1) is 15.3. The first-order valence-electron chi connectivity index (χ1n) is 6.94. The Kier molecular flexibility index (Phi) is 3.92. The maximum absolute atomic E-state index is 12.0. The number of hydrogen-bond donors (Lipinski definition) is 1. The number of phenolic OH excluding ortho intramolecular Hbond substituents is 1. The average molecular weight is 330 g/mol. The van der Waals surface area contributed by atoms with Crippen LogP contribution in [-0.4, -0.2) is 11.1 Å². The lowest BCUT2D eigenvalue weighted by Crippen LogP contribution is -2.07. The number of hydrogen-bond acceptors (Lipinski definition) is 6. The molecule has 2 aromatic heterocycles. The van der Waals surface area contributed by atoms with Gasteiger partial charge in [0.25, 0.3) is 0 Å². The number of phenols is 1. The van der Waals surface area contributed by atoms with E-state index in [9.17, 15) is 14.7 Å². The Morgan fingerprint density at radius 2 is 2.04 bits per heavy atom. The van der Waals surface area contributed by atoms with Gasteiger partial charge in [0.2, 0.25) is 0 Å². The lowest BCUT2D eigenvalue weighted by atomic mass is 10.1. The van der Waals surface area contributed by atoms with Gasteiger partial charge in [0.05, 0.1) is 0 Å². The van der Waals surface area contributed by atoms with Crippen molar-refractivity contribution in [2.75, 3.05) is 0 Å². The molecule has 0 aliphatic carbocycles. The van der Waals surface area contributed by atoms with Gasteiger partial charge in [-0.1, -0.05) is 0 Å². The molecule has 0 saturated heterocycles. The van der Waals surface area contributed by atoms with Crippen molar-refractivity contribution in [2.45, 2.75) is 20.5 Å². The summed E-state index contributed by atoms with van der Waals surface area (Å²) in [6, 6.07) is 8.01. The van der Waals surface area contributed by atoms with E-state index in [1.165, 1.54) is 23.5 Å². The monoisotopic (exact) mass is 330 g/mol. The van der Waals surface area contributed by atoms with Gasteiger partial charge in [0.15, 0.2) is 0 Å². The van der Waals surface area contributed by atoms with Crippen LogP contribution < -0.4 is 5.63 Å². The second kappa shape index (κ2) is 5.89. The largest absolute Gasteiger partial charge is 0.508 e. The molecule has 0 bridgehead atoms. The summed E-state index contributed by atoms with van der Waals surface area (Å²) in [5.74, 6) is -0.385. The minimum atomic E-state index is -0.552. The van der Waals surface area contributed by atoms with Crippen LogP contribution in [0.2, 0.25) is 0 Å². The molecule has 0 aliphatic rings. The van der Waals surface area contributed by atoms with E-state index in [4.69, 9.17) is 9.15 Å². The Labute approximate surface area is 135 Å². The van der Waals surface area contributed by atoms with Crippen LogP contribution in [0.1, 0.15) is 25.7 Å². The predicted molar refractivity (Wildman–Crippen MR) is 87.1 cm³/mol. The maximum Gasteiger partial charge on any atom is 0.348 e. The molecule has 1 aromatic carbocycles. The minimum absolute atomic E-state index is 0.0396. The third-order valence-electron chi connectivity index (χ3n) is 3.52. The van der Waals surface area contributed by atoms with Gasteiger partial charge >= 0.3 is 11.6 Å². The van der Waals surface area contributed by atoms with E-state index < -0.39 is 11.6 Å². The van der Waals surface area contributed by atoms with Crippen LogP contribution in [0.25, 0.3) is 11.0 Å². The Bertz CT molecular complexity index is 951. The van der Waals surface area contributed by atoms with Crippen LogP contribution in [0.15, 0.2) is 39.5 Å². The summed E-state index contributed by atoms with van der Waals surface area (Å²) in [5, 5.41) is 10.4. The normalized spacial score (nSPS) is 10.9. The number of esters is 1. The molecule has 0 atom stereocenters. The van der Waals surface area contributed by atoms with Crippen molar-refractivity contribution >= 4 is 28.3 Å². The zero-order valence-corrected chi connectivity index (χ0v) is 13.4. The summed E-state index contributed by atoms with van der Waals surface area (Å²) < 4.78 is 10.4. The van der Waals surface area contributed by atoms with Gasteiger partial charge in [-0.2, -0.15) is 0 Å². The van der Waals surface area contributed by atoms with E-state index in [1.807, 2.05) is 13.0 Å². The highest BCUT2D eigenvalue weighted by atomic mass is 32.1. The van der Waals surface area contributed by atoms with Crippen LogP contribution in [0.5, 0.6) is 5.75 Å². The molecule has 0 unspecified atom stereocenters. The van der Waals surface area contributed by atoms with Crippen molar-refractivity contribution in [3.05, 3.63) is 61.6 Å². The first-order valence-corrected chi connectivity index (χ1v) is 7.76. The third-order valence-corrected chi connectivity index (χ3v) is 4.50. The molecule has 1 N–H and O–H groups in total. The zero-order valence-electron chi connectivity index (χ0n) is 12.6. The first-order chi connectivity index (χ1) is 11.0. The number of fused-ring (bicyclic) bond motifs is 1. The second-order valence-electron chi connectivity index (χ2n) is 5.16. The summed E-state index contributed by atoms with van der Waals surface area (Å²) in [5.41, 5.74) is 0.766. The fourth-order valence-corrected chi connectivity index (χ4v) is 3.06. The Morgan fingerprint density at radius 3 is 2.74 bits per heavy atom. The van der Waals surface area contributed by atoms with Crippen molar-refractivity contribution < 1.29 is 19.1 Å². The van der Waals surface area contributed by atoms with Crippen molar-refractivity contribution in [1.29, 1.82) is 0 Å². The topological polar surface area (TPSA) is 76.7 Å². The summed E-state index contributed by atoms with van der Waals surface area (Å²) >= 11 is 1.35. The number of carbonyl (C=O) groups is 1. The lowest BCUT2D eigenvalue weighted by molar-refractivity contribution is 0.0479. The predicted octanol–water partition coefficient (Wildman–Crippen LogP) is 3.53. The number of benzene rings is 1. The number of ether oxygens (including phenoxy) is 1. The van der Waals surface area contributed by atoms with E-state index >= 15 is 0 Å². The van der Waals surface area contributed by atoms with E-state index in [2.05, 4.69) is 0 Å². The smallest absolute Gasteiger partial charge is 0.348 e. The van der Waals surface area contributed by atoms with Gasteiger partial charge in [0, 0.05) is 27.5 Å². The van der Waals surface area contributed by atoms with Crippen LogP contribution in [-0.2, 0) is 11.3 Å². The Balaban J connectivity index is 1.92. The van der Waals surface area contributed by atoms with Crippen LogP contribution >= 0.6 is 11.3 Å². The van der Waals surface area contributed by atoms with Gasteiger partial charge in [-0.05, 0) is 38.1 Å². The fourth-order valence-electron chi connectivity index (χ4n) is 2.29. The minimum Gasteiger partial charge on any atom is -0.508 e. The Morgan fingerprint density at radius 1 is 1.26 bits per heavy atom. The molecule has 0 saturated carbocycles. The number of carbonyl (C=O) groups excluding carboxylic acids is 1. The molecule has 6 heteroatoms. The molecule has 0 spiro atoms. The number of rotatable bonds is 3. The molecule has 5 nitrogen and oxygen atoms in total. The van der Waals surface area contributed by atoms with Crippen molar-refractivity contribution in [3.63, 3.8) is 0 Å². The summed E-state index contributed by atoms with van der Waals surface area (Å²) in [4.78, 5) is 25.3. The molecular weight excluding hydrogens is 316 g/mol. The molecule has 0 fully saturated rings. The van der Waals surface area contributed by atoms with Crippen LogP contribution in [0.3, 0.4) is 0 Å². The fraction of sp³-hybridized carbons (Fsp3) is 0.176. The van der Waals surface area contributed by atoms with E-state index in [1.54, 1.807) is 19.1 Å². The quantitative estimate of drug-likeness (QED) is 0.587. The zero-order chi connectivity index (χ0) is 16.6. The number of thiophene rings is 1. The van der Waals surface area contributed by atoms with Gasteiger partial charge in [0.1, 0.15) is 22.8 Å². The van der Waals surface area contributed by atoms with Gasteiger partial charge in [-0.15, -0.1) is 11.3 Å². The number of aromatic hydroxyl groups is 1. The lowest BCUT2D eigenvalue weighted by Gasteiger charge is -2.08. The van der Waals surface area contributed by atoms with Gasteiger partial charge in [-0.25, -0.2) is 9.59 Å². The summed E-state index contributed by atoms with van der Waals surface area (Å²) in [6.45, 7) is 3.53. The van der Waals surface area contributed by atoms with Crippen molar-refractivity contribution in [2.24, 2.45) is 0 Å². The highest BCUT2D eigenvalue weighted by Gasteiger charge is 2.14. The molecule has 2 heterocycles. The number of aryl methyl sites for hydroxylation is 2. The van der Waals surface area contributed by atoms with Crippen molar-refractivity contribution in [3.8, 4) is 5.75 Å². The van der Waals surface area contributed by atoms with Crippen LogP contribution in [0.4, 0.5) is 0 Å². The SMILES string of the molecule is Cc1ccc(C(=O)OCc2cc(=O)oc3c(C)c(O)ccc23)s1. The summed E-state index contributed by atoms with van der Waals surface area (Å²) in [7, 11) is 0. The summed E-state index contributed by atoms with van der Waals surface area (Å²) in [6.07, 6.45) is 0. The average Bonchev–Trinajstić information content (AvgIpc) is 2.95. The van der Waals surface area contributed by atoms with Gasteiger partial charge < -0.3 is 14.3 Å². The van der Waals surface area contributed by atoms with Crippen molar-refractivity contribution in [1.82, 2.24) is 0 Å². The molecule has 118 valence electrons. The third kappa shape index (κ3) is 2.98. The highest BCUT2D eigenvalue weighted by molar-refractivity contribution is 7.13. The molecule has 3 rings (SSSR count). The second-order valence-corrected chi connectivity index (χ2v) is 6.45. The molecule has 3 aromatic rings. The van der Waals surface area contributed by atoms with Crippen LogP contribution in [0, 0.1) is 13.8 Å². The Hall–Kier alpha value is -2.60. The molecule has 23 heavy (non-hydrogen) atoms.